The van der Waals surface area contributed by atoms with E-state index in [-0.39, 0.29) is 36.8 Å². The maximum Gasteiger partial charge on any atom is 0.262 e. The minimum Gasteiger partial charge on any atom is -0.490 e. The fourth-order valence-electron chi connectivity index (χ4n) is 10.6. The van der Waals surface area contributed by atoms with E-state index >= 15 is 0 Å². The molecule has 59 heavy (non-hydrogen) atoms. The number of halogens is 1. The van der Waals surface area contributed by atoms with Crippen LogP contribution in [0.25, 0.3) is 0 Å². The first-order chi connectivity index (χ1) is 28.6. The van der Waals surface area contributed by atoms with Gasteiger partial charge in [0.15, 0.2) is 0 Å². The van der Waals surface area contributed by atoms with E-state index in [0.717, 1.165) is 94.7 Å². The molecule has 3 aromatic rings. The van der Waals surface area contributed by atoms with Crippen molar-refractivity contribution in [3.05, 3.63) is 93.5 Å². The van der Waals surface area contributed by atoms with Gasteiger partial charge in [0.25, 0.3) is 17.7 Å². The van der Waals surface area contributed by atoms with Crippen LogP contribution in [0.2, 0.25) is 5.02 Å². The average Bonchev–Trinajstić information content (AvgIpc) is 3.87. The van der Waals surface area contributed by atoms with Gasteiger partial charge < -0.3 is 19.9 Å². The number of carbonyl (C=O) groups excluding carboxylic acids is 5. The van der Waals surface area contributed by atoms with E-state index in [1.807, 2.05) is 24.3 Å². The van der Waals surface area contributed by atoms with Gasteiger partial charge in [-0.25, -0.2) is 0 Å². The summed E-state index contributed by atoms with van der Waals surface area (Å²) in [5.74, 6) is 0.885. The van der Waals surface area contributed by atoms with Gasteiger partial charge in [-0.2, -0.15) is 5.26 Å². The van der Waals surface area contributed by atoms with E-state index in [1.165, 1.54) is 5.56 Å². The number of imide groups is 2. The highest BCUT2D eigenvalue weighted by Gasteiger charge is 2.45. The fourth-order valence-corrected chi connectivity index (χ4v) is 10.9. The summed E-state index contributed by atoms with van der Waals surface area (Å²) < 4.78 is 6.22. The van der Waals surface area contributed by atoms with Gasteiger partial charge in [-0.3, -0.25) is 34.2 Å². The molecule has 306 valence electrons. The molecule has 4 aliphatic heterocycles. The van der Waals surface area contributed by atoms with Crippen LogP contribution in [-0.4, -0.2) is 90.2 Å². The summed E-state index contributed by atoms with van der Waals surface area (Å²) in [4.78, 5) is 69.7. The van der Waals surface area contributed by atoms with Crippen molar-refractivity contribution in [2.45, 2.75) is 88.3 Å². The molecule has 2 saturated carbocycles. The van der Waals surface area contributed by atoms with Crippen molar-refractivity contribution < 1.29 is 28.7 Å². The second-order valence-corrected chi connectivity index (χ2v) is 17.8. The number of carbonyl (C=O) groups is 5. The lowest BCUT2D eigenvalue weighted by atomic mass is 9.88. The number of hydrogen-bond donors (Lipinski definition) is 2. The molecule has 0 spiro atoms. The first-order valence-electron chi connectivity index (χ1n) is 21.2. The highest BCUT2D eigenvalue weighted by atomic mass is 35.5. The van der Waals surface area contributed by atoms with Gasteiger partial charge in [0, 0.05) is 49.4 Å². The Hall–Kier alpha value is -5.25. The number of fused-ring (bicyclic) bond motifs is 2. The lowest BCUT2D eigenvalue weighted by Crippen LogP contribution is -2.54. The normalized spacial score (nSPS) is 26.4. The van der Waals surface area contributed by atoms with Gasteiger partial charge in [-0.05, 0) is 143 Å². The molecule has 3 aromatic carbocycles. The molecular formula is C46H49ClN6O6. The SMILES string of the molecule is N#Cc1ccc(OC2C[C@H]3CC(NC(=O)c4ccc(C5CCN(CC6CCN(c7ccc8c(c7)C(=O)N(C7CCC(=O)NC7=O)C8=O)CC6)CC5)cc4)C[C@H]3C2)cc1Cl. The third kappa shape index (κ3) is 8.07. The number of ether oxygens (including phenoxy) is 1. The number of nitrogens with one attached hydrogen (secondary N) is 2. The van der Waals surface area contributed by atoms with Crippen molar-refractivity contribution in [1.82, 2.24) is 20.4 Å². The van der Waals surface area contributed by atoms with Crippen molar-refractivity contribution in [2.75, 3.05) is 37.6 Å². The van der Waals surface area contributed by atoms with Gasteiger partial charge >= 0.3 is 0 Å². The fraction of sp³-hybridized carbons (Fsp3) is 0.478. The molecule has 6 aliphatic rings. The minimum atomic E-state index is -0.965. The molecule has 13 heteroatoms. The second-order valence-electron chi connectivity index (χ2n) is 17.4. The van der Waals surface area contributed by atoms with Crippen LogP contribution in [0.5, 0.6) is 5.75 Å². The summed E-state index contributed by atoms with van der Waals surface area (Å²) in [5.41, 5.74) is 3.99. The molecule has 0 bridgehead atoms. The quantitative estimate of drug-likeness (QED) is 0.245. The molecule has 9 rings (SSSR count). The summed E-state index contributed by atoms with van der Waals surface area (Å²) in [5, 5.41) is 15.1. The van der Waals surface area contributed by atoms with Crippen LogP contribution in [0.15, 0.2) is 60.7 Å². The van der Waals surface area contributed by atoms with Crippen molar-refractivity contribution in [1.29, 1.82) is 5.26 Å². The molecule has 2 aliphatic carbocycles. The van der Waals surface area contributed by atoms with E-state index in [9.17, 15) is 24.0 Å². The minimum absolute atomic E-state index is 0.00129. The van der Waals surface area contributed by atoms with Gasteiger partial charge in [0.1, 0.15) is 17.9 Å². The van der Waals surface area contributed by atoms with E-state index in [2.05, 4.69) is 38.6 Å². The lowest BCUT2D eigenvalue weighted by molar-refractivity contribution is -0.136. The molecule has 2 N–H and O–H groups in total. The van der Waals surface area contributed by atoms with Gasteiger partial charge in [-0.15, -0.1) is 0 Å². The lowest BCUT2D eigenvalue weighted by Gasteiger charge is -2.38. The largest absolute Gasteiger partial charge is 0.490 e. The third-order valence-electron chi connectivity index (χ3n) is 13.8. The first-order valence-corrected chi connectivity index (χ1v) is 21.6. The van der Waals surface area contributed by atoms with Crippen LogP contribution in [0.1, 0.15) is 112 Å². The number of piperidine rings is 3. The first kappa shape index (κ1) is 39.2. The molecular weight excluding hydrogens is 768 g/mol. The van der Waals surface area contributed by atoms with Crippen LogP contribution in [-0.2, 0) is 9.59 Å². The summed E-state index contributed by atoms with van der Waals surface area (Å²) in [6, 6.07) is 20.1. The zero-order valence-corrected chi connectivity index (χ0v) is 33.8. The van der Waals surface area contributed by atoms with E-state index in [1.54, 1.807) is 24.3 Å². The highest BCUT2D eigenvalue weighted by Crippen LogP contribution is 2.45. The number of benzene rings is 3. The molecule has 0 radical (unpaired) electrons. The monoisotopic (exact) mass is 816 g/mol. The number of likely N-dealkylation sites (tertiary alicyclic amines) is 1. The summed E-state index contributed by atoms with van der Waals surface area (Å²) in [6.45, 7) is 4.91. The predicted molar refractivity (Wildman–Crippen MR) is 220 cm³/mol. The Morgan fingerprint density at radius 3 is 2.22 bits per heavy atom. The van der Waals surface area contributed by atoms with Crippen molar-refractivity contribution in [3.63, 3.8) is 0 Å². The molecule has 5 fully saturated rings. The van der Waals surface area contributed by atoms with Crippen LogP contribution < -0.4 is 20.3 Å². The predicted octanol–water partition coefficient (Wildman–Crippen LogP) is 6.07. The molecule has 5 atom stereocenters. The number of hydrogen-bond acceptors (Lipinski definition) is 9. The van der Waals surface area contributed by atoms with Gasteiger partial charge in [0.05, 0.1) is 27.8 Å². The summed E-state index contributed by atoms with van der Waals surface area (Å²) in [7, 11) is 0. The molecule has 5 amide bonds. The maximum absolute atomic E-state index is 13.3. The molecule has 12 nitrogen and oxygen atoms in total. The standard InChI is InChI=1S/C46H49ClN6O6/c47-40-24-36(7-5-31(40)25-48)59-37-21-32-19-34(20-33(32)22-37)49-43(55)30-3-1-28(2-4-30)29-13-15-51(16-14-29)26-27-11-17-52(18-12-27)35-6-8-38-39(23-35)46(58)53(45(38)57)41-9-10-42(54)50-44(41)56/h1-8,23-24,27,29,32-34,37,41H,9-22,26H2,(H,49,55)(H,50,54,56)/t32-,33+,34?,37?,41?. The van der Waals surface area contributed by atoms with E-state index < -0.39 is 23.8 Å². The zero-order chi connectivity index (χ0) is 40.8. The van der Waals surface area contributed by atoms with Crippen LogP contribution >= 0.6 is 11.6 Å². The highest BCUT2D eigenvalue weighted by molar-refractivity contribution is 6.31. The Balaban J connectivity index is 0.695. The Morgan fingerprint density at radius 2 is 1.54 bits per heavy atom. The second kappa shape index (κ2) is 16.4. The molecule has 0 aromatic heterocycles. The molecule has 3 saturated heterocycles. The topological polar surface area (TPSA) is 152 Å². The molecule has 3 unspecified atom stereocenters. The van der Waals surface area contributed by atoms with Gasteiger partial charge in [-0.1, -0.05) is 23.7 Å². The van der Waals surface area contributed by atoms with Crippen LogP contribution in [0.4, 0.5) is 5.69 Å². The third-order valence-corrected chi connectivity index (χ3v) is 14.1. The van der Waals surface area contributed by atoms with E-state index in [4.69, 9.17) is 21.6 Å². The number of nitriles is 1. The Bertz CT molecular complexity index is 2190. The van der Waals surface area contributed by atoms with Gasteiger partial charge in [0.2, 0.25) is 11.8 Å². The molecule has 4 heterocycles. The zero-order valence-electron chi connectivity index (χ0n) is 33.0. The average molecular weight is 817 g/mol. The Kier molecular flexibility index (Phi) is 10.9. The van der Waals surface area contributed by atoms with E-state index in [0.29, 0.717) is 56.7 Å². The number of amides is 5. The number of anilines is 1. The number of rotatable bonds is 9. The number of nitrogens with zero attached hydrogens (tertiary/aromatic N) is 4. The van der Waals surface area contributed by atoms with Crippen molar-refractivity contribution >= 4 is 46.8 Å². The summed E-state index contributed by atoms with van der Waals surface area (Å²) >= 11 is 6.20. The Morgan fingerprint density at radius 1 is 0.831 bits per heavy atom. The summed E-state index contributed by atoms with van der Waals surface area (Å²) in [6.07, 6.45) is 8.50. The smallest absolute Gasteiger partial charge is 0.262 e. The maximum atomic E-state index is 13.3. The van der Waals surface area contributed by atoms with Crippen LogP contribution in [0, 0.1) is 29.1 Å². The van der Waals surface area contributed by atoms with Crippen molar-refractivity contribution in [2.24, 2.45) is 17.8 Å². The van der Waals surface area contributed by atoms with Crippen molar-refractivity contribution in [3.8, 4) is 11.8 Å². The Labute approximate surface area is 349 Å². The van der Waals surface area contributed by atoms with Crippen LogP contribution in [0.3, 0.4) is 0 Å².